The number of hydrogen-bond donors (Lipinski definition) is 0. The van der Waals surface area contributed by atoms with Crippen LogP contribution >= 0.6 is 0 Å². The molecule has 4 heteroatoms. The normalized spacial score (nSPS) is 13.8. The zero-order chi connectivity index (χ0) is 64.4. The summed E-state index contributed by atoms with van der Waals surface area (Å²) in [6.07, 6.45) is 0. The maximum absolute atomic E-state index is 9.95. The highest BCUT2D eigenvalue weighted by Crippen LogP contribution is 2.54. The van der Waals surface area contributed by atoms with Gasteiger partial charge >= 0.3 is 0 Å². The van der Waals surface area contributed by atoms with Gasteiger partial charge in [0, 0.05) is 55.8 Å². The first-order chi connectivity index (χ1) is 45.7. The molecule has 0 saturated heterocycles. The molecule has 14 aromatic rings. The zero-order valence-electron chi connectivity index (χ0n) is 55.7. The van der Waals surface area contributed by atoms with Gasteiger partial charge in [-0.2, -0.15) is 0 Å². The lowest BCUT2D eigenvalue weighted by atomic mass is 9.33. The highest BCUT2D eigenvalue weighted by atomic mass is 15.2. The summed E-state index contributed by atoms with van der Waals surface area (Å²) in [5.74, 6) is 0. The lowest BCUT2D eigenvalue weighted by Gasteiger charge is -2.46. The Kier molecular flexibility index (Phi) is 10.3. The topological polar surface area (TPSA) is 11.4 Å². The molecule has 0 amide bonds. The fourth-order valence-corrected chi connectivity index (χ4v) is 13.6. The molecule has 406 valence electrons. The Hall–Kier alpha value is -10.7. The third-order valence-electron chi connectivity index (χ3n) is 17.4. The fourth-order valence-electron chi connectivity index (χ4n) is 13.6. The molecule has 13 aromatic carbocycles. The predicted molar refractivity (Wildman–Crippen MR) is 366 cm³/mol. The molecule has 0 atom stereocenters. The number of nitrogens with zero attached hydrogens (tertiary/aromatic N) is 3. The minimum Gasteiger partial charge on any atom is -0.310 e. The molecule has 0 spiro atoms. The van der Waals surface area contributed by atoms with E-state index in [2.05, 4.69) is 261 Å². The molecular weight excluding hydrogens is 1040 g/mol. The van der Waals surface area contributed by atoms with Crippen LogP contribution in [0, 0.1) is 0 Å². The third-order valence-corrected chi connectivity index (χ3v) is 17.4. The summed E-state index contributed by atoms with van der Waals surface area (Å²) in [6.45, 7) is 6.31. The van der Waals surface area contributed by atoms with Crippen molar-refractivity contribution in [3.63, 3.8) is 0 Å². The first-order valence-corrected chi connectivity index (χ1v) is 29.4. The molecule has 3 heterocycles. The highest BCUT2D eigenvalue weighted by molar-refractivity contribution is 7.00. The molecule has 2 aliphatic rings. The molecule has 86 heavy (non-hydrogen) atoms. The van der Waals surface area contributed by atoms with Crippen LogP contribution in [0.5, 0.6) is 0 Å². The van der Waals surface area contributed by atoms with Crippen LogP contribution < -0.4 is 26.2 Å². The second kappa shape index (κ2) is 20.6. The lowest BCUT2D eigenvalue weighted by Crippen LogP contribution is -2.61. The van der Waals surface area contributed by atoms with Crippen molar-refractivity contribution in [3.8, 4) is 72.4 Å². The van der Waals surface area contributed by atoms with E-state index in [4.69, 9.17) is 2.74 Å². The van der Waals surface area contributed by atoms with Gasteiger partial charge in [0.1, 0.15) is 0 Å². The maximum atomic E-state index is 9.95. The van der Waals surface area contributed by atoms with Crippen LogP contribution in [0.15, 0.2) is 309 Å². The smallest absolute Gasteiger partial charge is 0.252 e. The largest absolute Gasteiger partial charge is 0.310 e. The van der Waals surface area contributed by atoms with Crippen molar-refractivity contribution < 1.29 is 11.0 Å². The van der Waals surface area contributed by atoms with Gasteiger partial charge in [-0.3, -0.25) is 0 Å². The van der Waals surface area contributed by atoms with Crippen LogP contribution in [0.1, 0.15) is 37.3 Å². The minimum atomic E-state index is -0.505. The second-order valence-electron chi connectivity index (χ2n) is 23.4. The van der Waals surface area contributed by atoms with Crippen molar-refractivity contribution in [3.05, 3.63) is 315 Å². The van der Waals surface area contributed by atoms with Gasteiger partial charge in [0.25, 0.3) is 6.71 Å². The van der Waals surface area contributed by atoms with Gasteiger partial charge in [0.15, 0.2) is 0 Å². The van der Waals surface area contributed by atoms with Crippen LogP contribution in [-0.2, 0) is 5.41 Å². The minimum absolute atomic E-state index is 0.000252. The summed E-state index contributed by atoms with van der Waals surface area (Å²) >= 11 is 0. The standard InChI is InChI=1S/C82H60BN3/c1-82(2,3)70-44-22-19-37-63(70)61-48-50-76-72(52-61)83-71-51-60(55-27-9-4-10-28-55)47-49-75(71)85(80-64(56-29-11-5-12-30-56)40-25-41-65(80)57-31-13-6-14-32-57)77-53-62(84-73-45-23-20-38-68(73)69-39-21-24-46-74(69)84)54-78(79(77)83)86(76)81-66(58-33-15-7-16-34-58)42-26-43-67(81)59-35-17-8-18-36-59/h4-54H,1-3H3/i20D,21D,23D,24D,38D,39D,45D,46D. The summed E-state index contributed by atoms with van der Waals surface area (Å²) in [7, 11) is 0. The number of hydrogen-bond acceptors (Lipinski definition) is 2. The van der Waals surface area contributed by atoms with Crippen LogP contribution in [0.3, 0.4) is 0 Å². The number of rotatable bonds is 9. The lowest BCUT2D eigenvalue weighted by molar-refractivity contribution is 0.592. The van der Waals surface area contributed by atoms with Gasteiger partial charge in [0.2, 0.25) is 0 Å². The zero-order valence-corrected chi connectivity index (χ0v) is 47.7. The molecule has 0 fully saturated rings. The van der Waals surface area contributed by atoms with Gasteiger partial charge in [0.05, 0.1) is 39.1 Å². The van der Waals surface area contributed by atoms with Gasteiger partial charge in [-0.1, -0.05) is 294 Å². The molecule has 2 aliphatic heterocycles. The molecule has 1 aromatic heterocycles. The number of para-hydroxylation sites is 4. The predicted octanol–water partition coefficient (Wildman–Crippen LogP) is 20.2. The van der Waals surface area contributed by atoms with Gasteiger partial charge in [-0.25, -0.2) is 0 Å². The van der Waals surface area contributed by atoms with Gasteiger partial charge < -0.3 is 14.4 Å². The quantitative estimate of drug-likeness (QED) is 0.133. The Morgan fingerprint density at radius 3 is 1.14 bits per heavy atom. The molecule has 0 N–H and O–H groups in total. The number of fused-ring (bicyclic) bond motifs is 7. The van der Waals surface area contributed by atoms with E-state index in [1.807, 2.05) is 30.3 Å². The molecule has 0 bridgehead atoms. The monoisotopic (exact) mass is 1110 g/mol. The summed E-state index contributed by atoms with van der Waals surface area (Å²) in [5.41, 5.74) is 21.6. The van der Waals surface area contributed by atoms with Crippen molar-refractivity contribution in [1.82, 2.24) is 4.57 Å². The van der Waals surface area contributed by atoms with E-state index in [0.29, 0.717) is 5.69 Å². The summed E-state index contributed by atoms with van der Waals surface area (Å²) in [4.78, 5) is 4.80. The van der Waals surface area contributed by atoms with Crippen LogP contribution in [0.2, 0.25) is 0 Å². The molecule has 0 radical (unpaired) electrons. The Bertz CT molecular complexity index is 5190. The maximum Gasteiger partial charge on any atom is 0.252 e. The molecular formula is C82H60BN3. The van der Waals surface area contributed by atoms with Crippen molar-refractivity contribution in [1.29, 1.82) is 0 Å². The Morgan fingerprint density at radius 1 is 0.326 bits per heavy atom. The molecule has 3 nitrogen and oxygen atoms in total. The first-order valence-electron chi connectivity index (χ1n) is 33.4. The van der Waals surface area contributed by atoms with Crippen molar-refractivity contribution in [2.24, 2.45) is 0 Å². The Morgan fingerprint density at radius 2 is 0.698 bits per heavy atom. The van der Waals surface area contributed by atoms with Crippen LogP contribution in [0.25, 0.3) is 94.3 Å². The SMILES string of the molecule is [2H]c1c([2H])c([2H])c2c(c1[2H])c1c([2H])c([2H])c([2H])c([2H])c1n2-c1cc2c3c(c1)N(c1c(-c4ccccc4)cccc1-c1ccccc1)c1ccc(-c4ccccc4C(C)(C)C)cc1B3c1cc(-c3ccccc3)ccc1N2c1c(-c2ccccc2)cccc1-c1ccccc1. The third kappa shape index (κ3) is 8.35. The average molecular weight is 1110 g/mol. The van der Waals surface area contributed by atoms with E-state index >= 15 is 0 Å². The van der Waals surface area contributed by atoms with Gasteiger partial charge in [-0.05, 0) is 108 Å². The summed E-state index contributed by atoms with van der Waals surface area (Å²) in [6, 6.07) is 88.4. The first kappa shape index (κ1) is 43.0. The summed E-state index contributed by atoms with van der Waals surface area (Å²) < 4.78 is 77.8. The van der Waals surface area contributed by atoms with Crippen molar-refractivity contribution >= 4 is 79.0 Å². The molecule has 0 unspecified atom stereocenters. The van der Waals surface area contributed by atoms with Crippen molar-refractivity contribution in [2.45, 2.75) is 26.2 Å². The molecule has 0 aliphatic carbocycles. The van der Waals surface area contributed by atoms with E-state index in [0.717, 1.165) is 117 Å². The van der Waals surface area contributed by atoms with Crippen molar-refractivity contribution in [2.75, 3.05) is 9.80 Å². The van der Waals surface area contributed by atoms with E-state index in [1.54, 1.807) is 4.57 Å². The van der Waals surface area contributed by atoms with E-state index in [1.165, 1.54) is 5.56 Å². The fraction of sp³-hybridized carbons (Fsp3) is 0.0488. The summed E-state index contributed by atoms with van der Waals surface area (Å²) in [5, 5.41) is -0.000504. The Labute approximate surface area is 515 Å². The van der Waals surface area contributed by atoms with E-state index in [-0.39, 0.29) is 39.3 Å². The van der Waals surface area contributed by atoms with Crippen LogP contribution in [0.4, 0.5) is 34.1 Å². The average Bonchev–Trinajstić information content (AvgIpc) is 1.05. The van der Waals surface area contributed by atoms with E-state index in [9.17, 15) is 8.22 Å². The molecule has 0 saturated carbocycles. The van der Waals surface area contributed by atoms with Gasteiger partial charge in [-0.15, -0.1) is 0 Å². The number of aromatic nitrogens is 1. The second-order valence-corrected chi connectivity index (χ2v) is 23.4. The number of anilines is 6. The number of benzene rings is 13. The van der Waals surface area contributed by atoms with Crippen LogP contribution in [-0.4, -0.2) is 11.3 Å². The highest BCUT2D eigenvalue weighted by Gasteiger charge is 2.46. The Balaban J connectivity index is 1.15. The molecule has 16 rings (SSSR count). The van der Waals surface area contributed by atoms with E-state index < -0.39 is 43.0 Å².